The number of thiocarbonyl (C=S) groups is 1. The molecule has 0 radical (unpaired) electrons. The van der Waals surface area contributed by atoms with Crippen molar-refractivity contribution in [2.24, 2.45) is 0 Å². The smallest absolute Gasteiger partial charge is 0.166 e. The third-order valence-corrected chi connectivity index (χ3v) is 3.79. The predicted octanol–water partition coefficient (Wildman–Crippen LogP) is 2.30. The Morgan fingerprint density at radius 1 is 1.24 bits per heavy atom. The van der Waals surface area contributed by atoms with Gasteiger partial charge in [0.2, 0.25) is 0 Å². The average molecular weight is 246 g/mol. The zero-order valence-corrected chi connectivity index (χ0v) is 10.8. The van der Waals surface area contributed by atoms with Gasteiger partial charge in [0.05, 0.1) is 0 Å². The highest BCUT2D eigenvalue weighted by atomic mass is 32.1. The Labute approximate surface area is 108 Å². The molecule has 0 saturated heterocycles. The van der Waals surface area contributed by atoms with Crippen LogP contribution in [0.15, 0.2) is 18.2 Å². The Morgan fingerprint density at radius 3 is 2.88 bits per heavy atom. The minimum Gasteiger partial charge on any atom is -0.360 e. The van der Waals surface area contributed by atoms with E-state index < -0.39 is 0 Å². The molecule has 1 aromatic carbocycles. The lowest BCUT2D eigenvalue weighted by molar-refractivity contribution is 0.828. The number of rotatable bonds is 3. The Hall–Kier alpha value is -1.09. The molecule has 1 aromatic rings. The van der Waals surface area contributed by atoms with E-state index in [9.17, 15) is 0 Å². The number of aryl methyl sites for hydroxylation is 2. The van der Waals surface area contributed by atoms with E-state index in [1.165, 1.54) is 48.8 Å². The van der Waals surface area contributed by atoms with Crippen molar-refractivity contribution in [3.05, 3.63) is 34.9 Å². The van der Waals surface area contributed by atoms with Crippen molar-refractivity contribution in [2.45, 2.75) is 44.7 Å². The molecule has 2 aliphatic rings. The molecule has 0 atom stereocenters. The fourth-order valence-electron chi connectivity index (χ4n) is 2.38. The molecule has 3 rings (SSSR count). The Bertz CT molecular complexity index is 438. The highest BCUT2D eigenvalue weighted by Crippen LogP contribution is 2.22. The van der Waals surface area contributed by atoms with Gasteiger partial charge in [0.15, 0.2) is 5.11 Å². The fraction of sp³-hybridized carbons (Fsp3) is 0.500. The fourth-order valence-corrected chi connectivity index (χ4v) is 2.62. The maximum Gasteiger partial charge on any atom is 0.166 e. The molecule has 0 heterocycles. The van der Waals surface area contributed by atoms with E-state index in [2.05, 4.69) is 28.8 Å². The summed E-state index contributed by atoms with van der Waals surface area (Å²) in [5.74, 6) is 0. The second kappa shape index (κ2) is 4.65. The van der Waals surface area contributed by atoms with Gasteiger partial charge < -0.3 is 10.6 Å². The number of hydrogen-bond donors (Lipinski definition) is 2. The van der Waals surface area contributed by atoms with Crippen LogP contribution in [0.2, 0.25) is 0 Å². The molecule has 0 spiro atoms. The van der Waals surface area contributed by atoms with Gasteiger partial charge in [-0.15, -0.1) is 0 Å². The van der Waals surface area contributed by atoms with Gasteiger partial charge in [-0.3, -0.25) is 0 Å². The Balaban J connectivity index is 1.55. The third-order valence-electron chi connectivity index (χ3n) is 3.53. The van der Waals surface area contributed by atoms with Crippen molar-refractivity contribution in [3.8, 4) is 0 Å². The summed E-state index contributed by atoms with van der Waals surface area (Å²) < 4.78 is 0. The Kier molecular flexibility index (Phi) is 3.02. The average Bonchev–Trinajstić information content (AvgIpc) is 3.01. The third kappa shape index (κ3) is 2.78. The van der Waals surface area contributed by atoms with Crippen LogP contribution in [0.4, 0.5) is 0 Å². The first-order valence-corrected chi connectivity index (χ1v) is 6.87. The first-order valence-electron chi connectivity index (χ1n) is 6.46. The molecular weight excluding hydrogens is 228 g/mol. The molecule has 0 amide bonds. The second-order valence-electron chi connectivity index (χ2n) is 5.06. The highest BCUT2D eigenvalue weighted by molar-refractivity contribution is 7.80. The minimum atomic E-state index is 0.634. The molecule has 3 heteroatoms. The summed E-state index contributed by atoms with van der Waals surface area (Å²) in [5.41, 5.74) is 4.41. The van der Waals surface area contributed by atoms with Crippen LogP contribution in [-0.2, 0) is 19.4 Å². The van der Waals surface area contributed by atoms with Crippen LogP contribution in [0.25, 0.3) is 0 Å². The number of fused-ring (bicyclic) bond motifs is 1. The van der Waals surface area contributed by atoms with Gasteiger partial charge in [0.25, 0.3) is 0 Å². The molecule has 2 aliphatic carbocycles. The molecular formula is C14H18N2S. The zero-order chi connectivity index (χ0) is 11.7. The van der Waals surface area contributed by atoms with Crippen LogP contribution < -0.4 is 10.6 Å². The van der Waals surface area contributed by atoms with Gasteiger partial charge >= 0.3 is 0 Å². The van der Waals surface area contributed by atoms with Crippen molar-refractivity contribution in [1.82, 2.24) is 10.6 Å². The van der Waals surface area contributed by atoms with Gasteiger partial charge in [-0.2, -0.15) is 0 Å². The van der Waals surface area contributed by atoms with E-state index in [4.69, 9.17) is 12.2 Å². The van der Waals surface area contributed by atoms with Gasteiger partial charge in [-0.25, -0.2) is 0 Å². The molecule has 17 heavy (non-hydrogen) atoms. The van der Waals surface area contributed by atoms with Gasteiger partial charge in [-0.1, -0.05) is 18.2 Å². The molecule has 90 valence electrons. The number of benzene rings is 1. The first-order chi connectivity index (χ1) is 8.31. The molecule has 0 aromatic heterocycles. The SMILES string of the molecule is S=C(NCc1ccc2c(c1)CCC2)NC1CC1. The minimum absolute atomic E-state index is 0.634. The molecule has 0 unspecified atom stereocenters. The summed E-state index contributed by atoms with van der Waals surface area (Å²) in [6.07, 6.45) is 6.34. The summed E-state index contributed by atoms with van der Waals surface area (Å²) in [6, 6.07) is 7.46. The van der Waals surface area contributed by atoms with E-state index in [1.807, 2.05) is 0 Å². The summed E-state index contributed by atoms with van der Waals surface area (Å²) in [4.78, 5) is 0. The predicted molar refractivity (Wildman–Crippen MR) is 74.1 cm³/mol. The molecule has 0 aliphatic heterocycles. The lowest BCUT2D eigenvalue weighted by atomic mass is 10.1. The van der Waals surface area contributed by atoms with Crippen molar-refractivity contribution in [1.29, 1.82) is 0 Å². The van der Waals surface area contributed by atoms with Crippen LogP contribution in [0.3, 0.4) is 0 Å². The summed E-state index contributed by atoms with van der Waals surface area (Å²) in [5, 5.41) is 7.38. The lowest BCUT2D eigenvalue weighted by Gasteiger charge is -2.10. The molecule has 1 fully saturated rings. The van der Waals surface area contributed by atoms with Gasteiger partial charge in [-0.05, 0) is 61.0 Å². The molecule has 0 bridgehead atoms. The van der Waals surface area contributed by atoms with E-state index >= 15 is 0 Å². The molecule has 2 N–H and O–H groups in total. The molecule has 2 nitrogen and oxygen atoms in total. The maximum absolute atomic E-state index is 5.25. The van der Waals surface area contributed by atoms with Crippen LogP contribution in [0.1, 0.15) is 36.0 Å². The zero-order valence-electron chi connectivity index (χ0n) is 9.96. The summed E-state index contributed by atoms with van der Waals surface area (Å²) in [7, 11) is 0. The van der Waals surface area contributed by atoms with E-state index in [0.717, 1.165) is 11.7 Å². The quantitative estimate of drug-likeness (QED) is 0.800. The summed E-state index contributed by atoms with van der Waals surface area (Å²) in [6.45, 7) is 0.839. The standard InChI is InChI=1S/C14H18N2S/c17-14(16-13-6-7-13)15-9-10-4-5-11-2-1-3-12(11)8-10/h4-5,8,13H,1-3,6-7,9H2,(H2,15,16,17). The van der Waals surface area contributed by atoms with Gasteiger partial charge in [0.1, 0.15) is 0 Å². The topological polar surface area (TPSA) is 24.1 Å². The van der Waals surface area contributed by atoms with Crippen LogP contribution in [0.5, 0.6) is 0 Å². The normalized spacial score (nSPS) is 17.6. The van der Waals surface area contributed by atoms with E-state index in [0.29, 0.717) is 6.04 Å². The second-order valence-corrected chi connectivity index (χ2v) is 5.47. The van der Waals surface area contributed by atoms with Crippen LogP contribution in [-0.4, -0.2) is 11.2 Å². The van der Waals surface area contributed by atoms with E-state index in [1.54, 1.807) is 0 Å². The highest BCUT2D eigenvalue weighted by Gasteiger charge is 2.21. The number of hydrogen-bond acceptors (Lipinski definition) is 1. The van der Waals surface area contributed by atoms with Crippen molar-refractivity contribution < 1.29 is 0 Å². The van der Waals surface area contributed by atoms with E-state index in [-0.39, 0.29) is 0 Å². The molecule has 1 saturated carbocycles. The van der Waals surface area contributed by atoms with Crippen molar-refractivity contribution in [3.63, 3.8) is 0 Å². The first kappa shape index (κ1) is 11.0. The van der Waals surface area contributed by atoms with Crippen LogP contribution >= 0.6 is 12.2 Å². The number of nitrogens with one attached hydrogen (secondary N) is 2. The largest absolute Gasteiger partial charge is 0.360 e. The van der Waals surface area contributed by atoms with Crippen molar-refractivity contribution >= 4 is 17.3 Å². The maximum atomic E-state index is 5.25. The summed E-state index contributed by atoms with van der Waals surface area (Å²) >= 11 is 5.25. The van der Waals surface area contributed by atoms with Crippen LogP contribution in [0, 0.1) is 0 Å². The van der Waals surface area contributed by atoms with Crippen molar-refractivity contribution in [2.75, 3.05) is 0 Å². The Morgan fingerprint density at radius 2 is 2.06 bits per heavy atom. The monoisotopic (exact) mass is 246 g/mol. The van der Waals surface area contributed by atoms with Gasteiger partial charge in [0, 0.05) is 12.6 Å². The lowest BCUT2D eigenvalue weighted by Crippen LogP contribution is -2.36.